The van der Waals surface area contributed by atoms with E-state index in [9.17, 15) is 18.0 Å². The van der Waals surface area contributed by atoms with Crippen molar-refractivity contribution in [3.8, 4) is 11.1 Å². The molecule has 27 heavy (non-hydrogen) atoms. The van der Waals surface area contributed by atoms with Gasteiger partial charge in [-0.05, 0) is 31.0 Å². The molecule has 3 nitrogen and oxygen atoms in total. The number of para-hydroxylation sites is 1. The first-order valence-corrected chi connectivity index (χ1v) is 9.17. The molecule has 0 aromatic heterocycles. The summed E-state index contributed by atoms with van der Waals surface area (Å²) in [6.45, 7) is 0.934. The zero-order valence-electron chi connectivity index (χ0n) is 15.0. The van der Waals surface area contributed by atoms with Crippen molar-refractivity contribution in [3.05, 3.63) is 54.6 Å². The highest BCUT2D eigenvalue weighted by molar-refractivity contribution is 5.95. The third kappa shape index (κ3) is 5.32. The van der Waals surface area contributed by atoms with Gasteiger partial charge in [-0.1, -0.05) is 48.5 Å². The largest absolute Gasteiger partial charge is 0.393 e. The standard InChI is InChI=1S/C21H23F3N2O/c22-21(23,24)17-9-6-13-26(15-17)14-12-20(27)25-19-11-5-4-10-18(19)16-7-2-1-3-8-16/h1-5,7-8,10-11,17H,6,9,12-15H2,(H,25,27). The van der Waals surface area contributed by atoms with Gasteiger partial charge in [-0.2, -0.15) is 13.2 Å². The van der Waals surface area contributed by atoms with Gasteiger partial charge in [-0.3, -0.25) is 4.79 Å². The Kier molecular flexibility index (Phi) is 6.16. The Morgan fingerprint density at radius 2 is 1.78 bits per heavy atom. The summed E-state index contributed by atoms with van der Waals surface area (Å²) in [5.41, 5.74) is 2.62. The maximum absolute atomic E-state index is 12.9. The van der Waals surface area contributed by atoms with E-state index in [0.717, 1.165) is 11.1 Å². The van der Waals surface area contributed by atoms with Crippen LogP contribution in [0.4, 0.5) is 18.9 Å². The van der Waals surface area contributed by atoms with Crippen molar-refractivity contribution >= 4 is 11.6 Å². The Balaban J connectivity index is 1.58. The second-order valence-electron chi connectivity index (χ2n) is 6.89. The van der Waals surface area contributed by atoms with E-state index in [2.05, 4.69) is 5.32 Å². The third-order valence-corrected chi connectivity index (χ3v) is 4.91. The van der Waals surface area contributed by atoms with Crippen LogP contribution in [-0.4, -0.2) is 36.6 Å². The molecule has 6 heteroatoms. The highest BCUT2D eigenvalue weighted by atomic mass is 19.4. The second-order valence-corrected chi connectivity index (χ2v) is 6.89. The van der Waals surface area contributed by atoms with Gasteiger partial charge in [0.25, 0.3) is 0 Å². The van der Waals surface area contributed by atoms with E-state index in [4.69, 9.17) is 0 Å². The van der Waals surface area contributed by atoms with Crippen molar-refractivity contribution in [1.29, 1.82) is 0 Å². The molecule has 2 aromatic rings. The number of anilines is 1. The lowest BCUT2D eigenvalue weighted by Gasteiger charge is -2.33. The van der Waals surface area contributed by atoms with Gasteiger partial charge in [-0.15, -0.1) is 0 Å². The van der Waals surface area contributed by atoms with Crippen LogP contribution in [0, 0.1) is 5.92 Å². The summed E-state index contributed by atoms with van der Waals surface area (Å²) >= 11 is 0. The van der Waals surface area contributed by atoms with Gasteiger partial charge >= 0.3 is 6.18 Å². The molecule has 1 amide bonds. The third-order valence-electron chi connectivity index (χ3n) is 4.91. The Hall–Kier alpha value is -2.34. The smallest absolute Gasteiger partial charge is 0.325 e. The number of benzene rings is 2. The van der Waals surface area contributed by atoms with Gasteiger partial charge in [0.15, 0.2) is 0 Å². The fraction of sp³-hybridized carbons (Fsp3) is 0.381. The quantitative estimate of drug-likeness (QED) is 0.800. The average Bonchev–Trinajstić information content (AvgIpc) is 2.67. The van der Waals surface area contributed by atoms with Gasteiger partial charge in [-0.25, -0.2) is 0 Å². The van der Waals surface area contributed by atoms with Crippen LogP contribution in [0.2, 0.25) is 0 Å². The van der Waals surface area contributed by atoms with Crippen LogP contribution in [0.5, 0.6) is 0 Å². The number of amides is 1. The van der Waals surface area contributed by atoms with Crippen molar-refractivity contribution in [2.75, 3.05) is 25.0 Å². The first kappa shape index (κ1) is 19.4. The molecule has 0 bridgehead atoms. The molecule has 0 saturated carbocycles. The first-order valence-electron chi connectivity index (χ1n) is 9.17. The minimum Gasteiger partial charge on any atom is -0.325 e. The number of likely N-dealkylation sites (tertiary alicyclic amines) is 1. The molecule has 1 saturated heterocycles. The number of piperidine rings is 1. The predicted molar refractivity (Wildman–Crippen MR) is 100 cm³/mol. The van der Waals surface area contributed by atoms with Gasteiger partial charge in [0.2, 0.25) is 5.91 Å². The molecule has 1 unspecified atom stereocenters. The number of carbonyl (C=O) groups is 1. The maximum atomic E-state index is 12.9. The SMILES string of the molecule is O=C(CCN1CCCC(C(F)(F)F)C1)Nc1ccccc1-c1ccccc1. The van der Waals surface area contributed by atoms with Crippen LogP contribution in [0.15, 0.2) is 54.6 Å². The van der Waals surface area contributed by atoms with E-state index < -0.39 is 12.1 Å². The van der Waals surface area contributed by atoms with E-state index in [1.165, 1.54) is 0 Å². The van der Waals surface area contributed by atoms with E-state index in [1.807, 2.05) is 54.6 Å². The second kappa shape index (κ2) is 8.57. The average molecular weight is 376 g/mol. The van der Waals surface area contributed by atoms with Crippen LogP contribution in [-0.2, 0) is 4.79 Å². The molecule has 2 aromatic carbocycles. The molecule has 1 aliphatic rings. The summed E-state index contributed by atoms with van der Waals surface area (Å²) in [5.74, 6) is -1.47. The van der Waals surface area contributed by atoms with Crippen LogP contribution in [0.3, 0.4) is 0 Å². The molecular formula is C21H23F3N2O. The number of nitrogens with zero attached hydrogens (tertiary/aromatic N) is 1. The molecule has 0 radical (unpaired) electrons. The zero-order chi connectivity index (χ0) is 19.3. The summed E-state index contributed by atoms with van der Waals surface area (Å²) in [6, 6.07) is 17.3. The van der Waals surface area contributed by atoms with E-state index in [-0.39, 0.29) is 25.3 Å². The molecule has 1 heterocycles. The van der Waals surface area contributed by atoms with Crippen molar-refractivity contribution in [3.63, 3.8) is 0 Å². The number of carbonyl (C=O) groups excluding carboxylic acids is 1. The van der Waals surface area contributed by atoms with E-state index in [0.29, 0.717) is 25.2 Å². The monoisotopic (exact) mass is 376 g/mol. The molecule has 1 N–H and O–H groups in total. The minimum absolute atomic E-state index is 0.0165. The Bertz CT molecular complexity index is 762. The molecule has 0 aliphatic carbocycles. The molecular weight excluding hydrogens is 353 g/mol. The number of nitrogens with one attached hydrogen (secondary N) is 1. The fourth-order valence-electron chi connectivity index (χ4n) is 3.46. The molecule has 144 valence electrons. The topological polar surface area (TPSA) is 32.3 Å². The highest BCUT2D eigenvalue weighted by Crippen LogP contribution is 2.33. The summed E-state index contributed by atoms with van der Waals surface area (Å²) in [7, 11) is 0. The van der Waals surface area contributed by atoms with Crippen molar-refractivity contribution < 1.29 is 18.0 Å². The number of alkyl halides is 3. The van der Waals surface area contributed by atoms with E-state index >= 15 is 0 Å². The van der Waals surface area contributed by atoms with Crippen LogP contribution in [0.25, 0.3) is 11.1 Å². The maximum Gasteiger partial charge on any atom is 0.393 e. The van der Waals surface area contributed by atoms with Crippen LogP contribution < -0.4 is 5.32 Å². The predicted octanol–water partition coefficient (Wildman–Crippen LogP) is 4.96. The number of hydrogen-bond acceptors (Lipinski definition) is 2. The zero-order valence-corrected chi connectivity index (χ0v) is 15.0. The Morgan fingerprint density at radius 1 is 1.07 bits per heavy atom. The summed E-state index contributed by atoms with van der Waals surface area (Å²) in [5, 5.41) is 2.90. The molecule has 3 rings (SSSR count). The van der Waals surface area contributed by atoms with Gasteiger partial charge in [0.05, 0.1) is 5.92 Å². The lowest BCUT2D eigenvalue weighted by molar-refractivity contribution is -0.186. The number of halogens is 3. The summed E-state index contributed by atoms with van der Waals surface area (Å²) in [4.78, 5) is 14.1. The first-order chi connectivity index (χ1) is 12.9. The van der Waals surface area contributed by atoms with Gasteiger partial charge in [0, 0.05) is 30.8 Å². The Labute approximate surface area is 157 Å². The molecule has 0 spiro atoms. The Morgan fingerprint density at radius 3 is 2.52 bits per heavy atom. The van der Waals surface area contributed by atoms with Crippen LogP contribution in [0.1, 0.15) is 19.3 Å². The molecule has 1 aliphatic heterocycles. The van der Waals surface area contributed by atoms with Crippen molar-refractivity contribution in [2.45, 2.75) is 25.4 Å². The van der Waals surface area contributed by atoms with Crippen molar-refractivity contribution in [1.82, 2.24) is 4.90 Å². The normalized spacial score (nSPS) is 18.3. The lowest BCUT2D eigenvalue weighted by Crippen LogP contribution is -2.42. The van der Waals surface area contributed by atoms with E-state index in [1.54, 1.807) is 4.90 Å². The lowest BCUT2D eigenvalue weighted by atomic mass is 9.97. The number of rotatable bonds is 5. The van der Waals surface area contributed by atoms with Gasteiger partial charge < -0.3 is 10.2 Å². The fourth-order valence-corrected chi connectivity index (χ4v) is 3.46. The highest BCUT2D eigenvalue weighted by Gasteiger charge is 2.41. The van der Waals surface area contributed by atoms with Gasteiger partial charge in [0.1, 0.15) is 0 Å². The summed E-state index contributed by atoms with van der Waals surface area (Å²) < 4.78 is 38.7. The minimum atomic E-state index is -4.16. The summed E-state index contributed by atoms with van der Waals surface area (Å²) in [6.07, 6.45) is -3.29. The molecule has 1 atom stereocenters. The van der Waals surface area contributed by atoms with Crippen LogP contribution >= 0.6 is 0 Å². The molecule has 1 fully saturated rings. The number of hydrogen-bond donors (Lipinski definition) is 1. The van der Waals surface area contributed by atoms with Crippen molar-refractivity contribution in [2.24, 2.45) is 5.92 Å².